The fraction of sp³-hybridized carbons (Fsp3) is 0.241. The number of halogens is 1. The van der Waals surface area contributed by atoms with Crippen molar-refractivity contribution in [1.29, 1.82) is 0 Å². The average Bonchev–Trinajstić information content (AvgIpc) is 3.37. The number of sulfonamides is 1. The Morgan fingerprint density at radius 3 is 2.03 bits per heavy atom. The highest BCUT2D eigenvalue weighted by molar-refractivity contribution is 9.10. The molecule has 0 spiro atoms. The van der Waals surface area contributed by atoms with Crippen LogP contribution in [0.5, 0.6) is 0 Å². The summed E-state index contributed by atoms with van der Waals surface area (Å²) in [6, 6.07) is 19.5. The molecule has 1 N–H and O–H groups in total. The number of benzene rings is 3. The average molecular weight is 537 g/mol. The summed E-state index contributed by atoms with van der Waals surface area (Å²) < 4.78 is 28.5. The molecule has 0 saturated carbocycles. The van der Waals surface area contributed by atoms with Gasteiger partial charge in [-0.25, -0.2) is 13.1 Å². The van der Waals surface area contributed by atoms with E-state index in [1.54, 1.807) is 12.1 Å². The van der Waals surface area contributed by atoms with Gasteiger partial charge < -0.3 is 0 Å². The van der Waals surface area contributed by atoms with Crippen LogP contribution in [0.2, 0.25) is 0 Å². The summed E-state index contributed by atoms with van der Waals surface area (Å²) in [4.78, 5) is 0.318. The molecule has 176 valence electrons. The predicted octanol–water partition coefficient (Wildman–Crippen LogP) is 6.88. The third kappa shape index (κ3) is 5.77. The maximum Gasteiger partial charge on any atom is 0.240 e. The fourth-order valence-corrected chi connectivity index (χ4v) is 6.00. The Morgan fingerprint density at radius 2 is 1.38 bits per heavy atom. The van der Waals surface area contributed by atoms with Crippen molar-refractivity contribution in [3.05, 3.63) is 110 Å². The largest absolute Gasteiger partial charge is 0.240 e. The SMILES string of the molecule is CC1=Cc2cccc(Br)c2C1.CC1=Cc2cccc(CCNS(=O)(=O)c3ccc(C)cc3)c2C1. The van der Waals surface area contributed by atoms with Gasteiger partial charge in [-0.2, -0.15) is 0 Å². The zero-order valence-corrected chi connectivity index (χ0v) is 22.3. The Hall–Kier alpha value is -2.47. The lowest BCUT2D eigenvalue weighted by atomic mass is 10.00. The molecule has 5 rings (SSSR count). The Balaban J connectivity index is 0.000000207. The highest BCUT2D eigenvalue weighted by Crippen LogP contribution is 2.30. The fourth-order valence-electron chi connectivity index (χ4n) is 4.45. The molecule has 0 atom stereocenters. The minimum absolute atomic E-state index is 0.318. The van der Waals surface area contributed by atoms with Crippen LogP contribution in [0.4, 0.5) is 0 Å². The number of rotatable bonds is 5. The van der Waals surface area contributed by atoms with E-state index in [-0.39, 0.29) is 0 Å². The topological polar surface area (TPSA) is 46.2 Å². The first kappa shape index (κ1) is 24.6. The molecule has 0 fully saturated rings. The molecule has 0 saturated heterocycles. The quantitative estimate of drug-likeness (QED) is 0.386. The van der Waals surface area contributed by atoms with E-state index in [2.05, 4.69) is 77.0 Å². The van der Waals surface area contributed by atoms with Crippen LogP contribution >= 0.6 is 15.9 Å². The van der Waals surface area contributed by atoms with Gasteiger partial charge in [0.25, 0.3) is 0 Å². The summed E-state index contributed by atoms with van der Waals surface area (Å²) in [7, 11) is -3.44. The van der Waals surface area contributed by atoms with Crippen molar-refractivity contribution in [1.82, 2.24) is 4.72 Å². The molecule has 0 aliphatic heterocycles. The maximum absolute atomic E-state index is 12.3. The molecule has 2 aliphatic rings. The molecule has 0 radical (unpaired) electrons. The lowest BCUT2D eigenvalue weighted by molar-refractivity contribution is 0.581. The van der Waals surface area contributed by atoms with Crippen LogP contribution in [0, 0.1) is 6.92 Å². The van der Waals surface area contributed by atoms with Crippen molar-refractivity contribution in [2.45, 2.75) is 44.9 Å². The van der Waals surface area contributed by atoms with Gasteiger partial charge in [-0.3, -0.25) is 0 Å². The molecule has 5 heteroatoms. The van der Waals surface area contributed by atoms with E-state index in [1.165, 1.54) is 43.4 Å². The van der Waals surface area contributed by atoms with Gasteiger partial charge >= 0.3 is 0 Å². The van der Waals surface area contributed by atoms with E-state index in [0.717, 1.165) is 18.4 Å². The third-order valence-corrected chi connectivity index (χ3v) is 8.42. The van der Waals surface area contributed by atoms with Crippen LogP contribution in [0.25, 0.3) is 12.2 Å². The summed E-state index contributed by atoms with van der Waals surface area (Å²) >= 11 is 3.54. The zero-order valence-electron chi connectivity index (χ0n) is 19.9. The van der Waals surface area contributed by atoms with Gasteiger partial charge in [0.1, 0.15) is 0 Å². The first-order chi connectivity index (χ1) is 16.2. The first-order valence-corrected chi connectivity index (χ1v) is 13.8. The van der Waals surface area contributed by atoms with E-state index >= 15 is 0 Å². The van der Waals surface area contributed by atoms with E-state index < -0.39 is 10.0 Å². The van der Waals surface area contributed by atoms with Gasteiger partial charge in [0.05, 0.1) is 4.90 Å². The van der Waals surface area contributed by atoms with Crippen LogP contribution in [-0.2, 0) is 29.3 Å². The van der Waals surface area contributed by atoms with Crippen molar-refractivity contribution in [3.8, 4) is 0 Å². The molecule has 2 aliphatic carbocycles. The van der Waals surface area contributed by atoms with Crippen LogP contribution < -0.4 is 4.72 Å². The van der Waals surface area contributed by atoms with Crippen molar-refractivity contribution < 1.29 is 8.42 Å². The van der Waals surface area contributed by atoms with Crippen LogP contribution in [0.15, 0.2) is 81.2 Å². The molecule has 0 unspecified atom stereocenters. The summed E-state index contributed by atoms with van der Waals surface area (Å²) in [6.07, 6.45) is 7.23. The molecule has 3 aromatic carbocycles. The number of allylic oxidation sites excluding steroid dienone is 2. The van der Waals surface area contributed by atoms with E-state index in [0.29, 0.717) is 17.9 Å². The lowest BCUT2D eigenvalue weighted by Crippen LogP contribution is -2.26. The standard InChI is InChI=1S/C19H21NO2S.C10H9Br/c1-14-6-8-18(9-7-14)23(21,22)20-11-10-16-4-3-5-17-12-15(2)13-19(16)17;1-7-5-8-3-2-4-10(11)9(8)6-7/h3-9,12,20H,10-11,13H2,1-2H3;2-5H,6H2,1H3. The molecule has 34 heavy (non-hydrogen) atoms. The molecule has 0 amide bonds. The summed E-state index contributed by atoms with van der Waals surface area (Å²) in [5.74, 6) is 0. The van der Waals surface area contributed by atoms with Gasteiger partial charge in [0.2, 0.25) is 10.0 Å². The highest BCUT2D eigenvalue weighted by atomic mass is 79.9. The summed E-state index contributed by atoms with van der Waals surface area (Å²) in [5.41, 5.74) is 10.5. The Labute approximate surface area is 211 Å². The van der Waals surface area contributed by atoms with Gasteiger partial charge in [0, 0.05) is 11.0 Å². The van der Waals surface area contributed by atoms with Crippen molar-refractivity contribution in [2.75, 3.05) is 6.54 Å². The predicted molar refractivity (Wildman–Crippen MR) is 145 cm³/mol. The van der Waals surface area contributed by atoms with Gasteiger partial charge in [-0.1, -0.05) is 87.3 Å². The van der Waals surface area contributed by atoms with Crippen molar-refractivity contribution >= 4 is 38.1 Å². The highest BCUT2D eigenvalue weighted by Gasteiger charge is 2.16. The second kappa shape index (κ2) is 10.4. The second-order valence-electron chi connectivity index (χ2n) is 9.09. The van der Waals surface area contributed by atoms with Crippen LogP contribution in [0.1, 0.15) is 47.2 Å². The summed E-state index contributed by atoms with van der Waals surface area (Å²) in [6.45, 7) is 6.65. The van der Waals surface area contributed by atoms with E-state index in [1.807, 2.05) is 25.1 Å². The number of fused-ring (bicyclic) bond motifs is 2. The molecule has 3 nitrogen and oxygen atoms in total. The smallest absolute Gasteiger partial charge is 0.211 e. The Bertz CT molecular complexity index is 1370. The van der Waals surface area contributed by atoms with Crippen LogP contribution in [0.3, 0.4) is 0 Å². The van der Waals surface area contributed by atoms with E-state index in [9.17, 15) is 8.42 Å². The van der Waals surface area contributed by atoms with Crippen molar-refractivity contribution in [2.24, 2.45) is 0 Å². The molecular formula is C29H30BrNO2S. The second-order valence-corrected chi connectivity index (χ2v) is 11.7. The number of hydrogen-bond acceptors (Lipinski definition) is 2. The van der Waals surface area contributed by atoms with Gasteiger partial charge in [-0.05, 0) is 86.1 Å². The minimum Gasteiger partial charge on any atom is -0.211 e. The Kier molecular flexibility index (Phi) is 7.56. The molecular weight excluding hydrogens is 506 g/mol. The van der Waals surface area contributed by atoms with Crippen LogP contribution in [-0.4, -0.2) is 15.0 Å². The van der Waals surface area contributed by atoms with Gasteiger partial charge in [0.15, 0.2) is 0 Å². The number of nitrogens with one attached hydrogen (secondary N) is 1. The molecule has 0 aromatic heterocycles. The van der Waals surface area contributed by atoms with Gasteiger partial charge in [-0.15, -0.1) is 0 Å². The minimum atomic E-state index is -3.44. The first-order valence-electron chi connectivity index (χ1n) is 11.5. The molecule has 0 bridgehead atoms. The lowest BCUT2D eigenvalue weighted by Gasteiger charge is -2.10. The maximum atomic E-state index is 12.3. The number of hydrogen-bond donors (Lipinski definition) is 1. The monoisotopic (exact) mass is 535 g/mol. The third-order valence-electron chi connectivity index (χ3n) is 6.20. The number of aryl methyl sites for hydroxylation is 1. The Morgan fingerprint density at radius 1 is 0.794 bits per heavy atom. The zero-order chi connectivity index (χ0) is 24.3. The normalized spacial score (nSPS) is 14.0. The van der Waals surface area contributed by atoms with Crippen molar-refractivity contribution in [3.63, 3.8) is 0 Å². The summed E-state index contributed by atoms with van der Waals surface area (Å²) in [5, 5.41) is 0. The van der Waals surface area contributed by atoms with E-state index in [4.69, 9.17) is 0 Å². The molecule has 3 aromatic rings. The molecule has 0 heterocycles.